The topological polar surface area (TPSA) is 95.5 Å². The van der Waals surface area contributed by atoms with Crippen LogP contribution in [0.25, 0.3) is 0 Å². The summed E-state index contributed by atoms with van der Waals surface area (Å²) >= 11 is 0. The molecular weight excluding hydrogens is 244 g/mol. The Bertz CT molecular complexity index is 296. The minimum absolute atomic E-state index is 0.0238. The third-order valence-electron chi connectivity index (χ3n) is 2.03. The van der Waals surface area contributed by atoms with Gasteiger partial charge in [-0.3, -0.25) is 9.00 Å². The molecule has 3 unspecified atom stereocenters. The Labute approximate surface area is 104 Å². The van der Waals surface area contributed by atoms with E-state index in [1.807, 2.05) is 0 Å². The molecule has 0 aliphatic carbocycles. The number of aliphatic carboxylic acids is 1. The maximum Gasteiger partial charge on any atom is 0.315 e. The highest BCUT2D eigenvalue weighted by atomic mass is 32.2. The van der Waals surface area contributed by atoms with Crippen LogP contribution in [-0.4, -0.2) is 45.4 Å². The molecule has 0 bridgehead atoms. The minimum Gasteiger partial charge on any atom is -0.481 e. The summed E-state index contributed by atoms with van der Waals surface area (Å²) in [4.78, 5) is 21.7. The van der Waals surface area contributed by atoms with Crippen LogP contribution in [0, 0.1) is 0 Å². The highest BCUT2D eigenvalue weighted by Crippen LogP contribution is 1.96. The zero-order chi connectivity index (χ0) is 13.4. The third kappa shape index (κ3) is 9.80. The molecule has 0 aromatic rings. The average Bonchev–Trinajstić information content (AvgIpc) is 2.12. The SMILES string of the molecule is CC(CCC(=O)O)NC(=O)NC(C)CS(C)=O. The molecule has 0 aromatic carbocycles. The van der Waals surface area contributed by atoms with Gasteiger partial charge in [0, 0.05) is 41.3 Å². The monoisotopic (exact) mass is 264 g/mol. The van der Waals surface area contributed by atoms with Crippen LogP contribution in [-0.2, 0) is 15.6 Å². The van der Waals surface area contributed by atoms with E-state index in [-0.39, 0.29) is 24.5 Å². The molecule has 2 amide bonds. The number of carbonyl (C=O) groups is 2. The van der Waals surface area contributed by atoms with E-state index < -0.39 is 16.8 Å². The van der Waals surface area contributed by atoms with Crippen molar-refractivity contribution in [1.29, 1.82) is 0 Å². The maximum atomic E-state index is 11.4. The van der Waals surface area contributed by atoms with Gasteiger partial charge in [-0.15, -0.1) is 0 Å². The highest BCUT2D eigenvalue weighted by molar-refractivity contribution is 7.84. The largest absolute Gasteiger partial charge is 0.481 e. The van der Waals surface area contributed by atoms with Crippen LogP contribution in [0.2, 0.25) is 0 Å². The number of amides is 2. The van der Waals surface area contributed by atoms with Crippen LogP contribution < -0.4 is 10.6 Å². The Morgan fingerprint density at radius 2 is 1.76 bits per heavy atom. The Hall–Kier alpha value is -1.11. The molecule has 100 valence electrons. The predicted molar refractivity (Wildman–Crippen MR) is 66.4 cm³/mol. The Kier molecular flexibility index (Phi) is 7.53. The first-order chi connectivity index (χ1) is 7.81. The van der Waals surface area contributed by atoms with E-state index in [1.165, 1.54) is 0 Å². The number of hydrogen-bond acceptors (Lipinski definition) is 3. The van der Waals surface area contributed by atoms with E-state index in [0.29, 0.717) is 12.2 Å². The van der Waals surface area contributed by atoms with Crippen LogP contribution in [0.1, 0.15) is 26.7 Å². The van der Waals surface area contributed by atoms with E-state index in [4.69, 9.17) is 5.11 Å². The van der Waals surface area contributed by atoms with Crippen molar-refractivity contribution in [1.82, 2.24) is 10.6 Å². The fourth-order valence-corrected chi connectivity index (χ4v) is 2.08. The summed E-state index contributed by atoms with van der Waals surface area (Å²) in [5, 5.41) is 13.7. The van der Waals surface area contributed by atoms with Crippen LogP contribution >= 0.6 is 0 Å². The van der Waals surface area contributed by atoms with Gasteiger partial charge in [0.15, 0.2) is 0 Å². The molecule has 0 aromatic heterocycles. The first-order valence-electron chi connectivity index (χ1n) is 5.40. The lowest BCUT2D eigenvalue weighted by Crippen LogP contribution is -2.46. The first kappa shape index (κ1) is 15.9. The van der Waals surface area contributed by atoms with Gasteiger partial charge in [0.2, 0.25) is 0 Å². The summed E-state index contributed by atoms with van der Waals surface area (Å²) in [7, 11) is -0.955. The van der Waals surface area contributed by atoms with Crippen molar-refractivity contribution in [3.05, 3.63) is 0 Å². The number of hydrogen-bond donors (Lipinski definition) is 3. The number of nitrogens with one attached hydrogen (secondary N) is 2. The molecule has 0 saturated heterocycles. The molecule has 7 heteroatoms. The van der Waals surface area contributed by atoms with Crippen LogP contribution in [0.15, 0.2) is 0 Å². The second-order valence-corrected chi connectivity index (χ2v) is 5.57. The highest BCUT2D eigenvalue weighted by Gasteiger charge is 2.12. The van der Waals surface area contributed by atoms with Gasteiger partial charge in [-0.2, -0.15) is 0 Å². The molecule has 3 atom stereocenters. The second kappa shape index (κ2) is 8.05. The van der Waals surface area contributed by atoms with E-state index in [1.54, 1.807) is 20.1 Å². The van der Waals surface area contributed by atoms with Crippen molar-refractivity contribution in [2.24, 2.45) is 0 Å². The van der Waals surface area contributed by atoms with Gasteiger partial charge in [-0.05, 0) is 20.3 Å². The van der Waals surface area contributed by atoms with E-state index in [9.17, 15) is 13.8 Å². The standard InChI is InChI=1S/C10H20N2O4S/c1-7(4-5-9(13)14)11-10(15)12-8(2)6-17(3)16/h7-8H,4-6H2,1-3H3,(H,13,14)(H2,11,12,15). The summed E-state index contributed by atoms with van der Waals surface area (Å²) in [5.41, 5.74) is 0. The fourth-order valence-electron chi connectivity index (χ4n) is 1.30. The van der Waals surface area contributed by atoms with Gasteiger partial charge in [-0.1, -0.05) is 0 Å². The van der Waals surface area contributed by atoms with E-state index in [2.05, 4.69) is 10.6 Å². The van der Waals surface area contributed by atoms with E-state index >= 15 is 0 Å². The molecule has 0 heterocycles. The number of carboxylic acids is 1. The molecule has 0 spiro atoms. The molecule has 3 N–H and O–H groups in total. The van der Waals surface area contributed by atoms with Crippen molar-refractivity contribution in [2.75, 3.05) is 12.0 Å². The van der Waals surface area contributed by atoms with Crippen LogP contribution in [0.4, 0.5) is 4.79 Å². The number of carboxylic acid groups (broad SMARTS) is 1. The van der Waals surface area contributed by atoms with Gasteiger partial charge in [0.05, 0.1) is 0 Å². The first-order valence-corrected chi connectivity index (χ1v) is 7.12. The normalized spacial score (nSPS) is 15.7. The van der Waals surface area contributed by atoms with Gasteiger partial charge in [0.25, 0.3) is 0 Å². The summed E-state index contributed by atoms with van der Waals surface area (Å²) in [6.45, 7) is 3.51. The Morgan fingerprint density at radius 3 is 2.24 bits per heavy atom. The van der Waals surface area contributed by atoms with E-state index in [0.717, 1.165) is 0 Å². The molecule has 0 aliphatic rings. The zero-order valence-electron chi connectivity index (χ0n) is 10.4. The quantitative estimate of drug-likeness (QED) is 0.616. The van der Waals surface area contributed by atoms with Gasteiger partial charge in [-0.25, -0.2) is 4.79 Å². The fraction of sp³-hybridized carbons (Fsp3) is 0.800. The molecular formula is C10H20N2O4S. The molecule has 0 rings (SSSR count). The molecule has 0 aliphatic heterocycles. The predicted octanol–water partition coefficient (Wildman–Crippen LogP) is 0.306. The summed E-state index contributed by atoms with van der Waals surface area (Å²) in [6.07, 6.45) is 1.98. The number of rotatable bonds is 7. The lowest BCUT2D eigenvalue weighted by molar-refractivity contribution is -0.137. The minimum atomic E-state index is -0.955. The molecule has 6 nitrogen and oxygen atoms in total. The second-order valence-electron chi connectivity index (χ2n) is 4.09. The summed E-state index contributed by atoms with van der Waals surface area (Å²) < 4.78 is 10.9. The van der Waals surface area contributed by atoms with Crippen molar-refractivity contribution >= 4 is 22.8 Å². The summed E-state index contributed by atoms with van der Waals surface area (Å²) in [5.74, 6) is -0.481. The van der Waals surface area contributed by atoms with Crippen molar-refractivity contribution < 1.29 is 18.9 Å². The zero-order valence-corrected chi connectivity index (χ0v) is 11.2. The van der Waals surface area contributed by atoms with Crippen LogP contribution in [0.5, 0.6) is 0 Å². The molecule has 17 heavy (non-hydrogen) atoms. The van der Waals surface area contributed by atoms with Gasteiger partial charge in [0.1, 0.15) is 0 Å². The average molecular weight is 264 g/mol. The van der Waals surface area contributed by atoms with Crippen molar-refractivity contribution in [3.8, 4) is 0 Å². The number of carbonyl (C=O) groups excluding carboxylic acids is 1. The molecule has 0 radical (unpaired) electrons. The van der Waals surface area contributed by atoms with Crippen molar-refractivity contribution in [2.45, 2.75) is 38.8 Å². The lowest BCUT2D eigenvalue weighted by Gasteiger charge is -2.17. The third-order valence-corrected chi connectivity index (χ3v) is 3.00. The Morgan fingerprint density at radius 1 is 1.24 bits per heavy atom. The maximum absolute atomic E-state index is 11.4. The Balaban J connectivity index is 3.84. The molecule has 0 fully saturated rings. The lowest BCUT2D eigenvalue weighted by atomic mass is 10.2. The van der Waals surface area contributed by atoms with Gasteiger partial charge < -0.3 is 15.7 Å². The molecule has 0 saturated carbocycles. The smallest absolute Gasteiger partial charge is 0.315 e. The van der Waals surface area contributed by atoms with Gasteiger partial charge >= 0.3 is 12.0 Å². The van der Waals surface area contributed by atoms with Crippen LogP contribution in [0.3, 0.4) is 0 Å². The van der Waals surface area contributed by atoms with Crippen molar-refractivity contribution in [3.63, 3.8) is 0 Å². The summed E-state index contributed by atoms with van der Waals surface area (Å²) in [6, 6.07) is -0.737. The number of urea groups is 1.